The van der Waals surface area contributed by atoms with Gasteiger partial charge in [0.25, 0.3) is 16.0 Å². The SMILES string of the molecule is Cc1cc(N=Nc2ccc(S(=O)(=O)O)cc2)c(N)c(N=Nc2ccc(NC(=O)c3ccc(N=Nc4ccc([O-])c(C(=O)[O-])c4)cc3)cc2)c1N.[Na+].[Na+]. The maximum Gasteiger partial charge on any atom is 1.00 e. The predicted octanol–water partition coefficient (Wildman–Crippen LogP) is 0.350. The summed E-state index contributed by atoms with van der Waals surface area (Å²) in [5.74, 6) is -2.70. The summed E-state index contributed by atoms with van der Waals surface area (Å²) >= 11 is 0. The molecule has 0 aliphatic heterocycles. The molecule has 0 aliphatic rings. The van der Waals surface area contributed by atoms with Crippen molar-refractivity contribution in [1.82, 2.24) is 0 Å². The van der Waals surface area contributed by atoms with Crippen LogP contribution in [0.5, 0.6) is 5.75 Å². The number of benzene rings is 5. The van der Waals surface area contributed by atoms with Crippen LogP contribution in [-0.2, 0) is 10.1 Å². The van der Waals surface area contributed by atoms with E-state index in [0.717, 1.165) is 12.1 Å². The molecule has 6 N–H and O–H groups in total. The molecule has 0 fully saturated rings. The fourth-order valence-electron chi connectivity index (χ4n) is 4.26. The van der Waals surface area contributed by atoms with Gasteiger partial charge in [0.05, 0.1) is 45.0 Å². The van der Waals surface area contributed by atoms with Gasteiger partial charge in [-0.3, -0.25) is 9.35 Å². The molecule has 0 aromatic heterocycles. The summed E-state index contributed by atoms with van der Waals surface area (Å²) in [6.45, 7) is 1.73. The summed E-state index contributed by atoms with van der Waals surface area (Å²) in [5.41, 5.74) is 15.5. The Morgan fingerprint density at radius 2 is 1.19 bits per heavy atom. The minimum absolute atomic E-state index is 0. The zero-order valence-corrected chi connectivity index (χ0v) is 32.7. The number of azo groups is 3. The standard InChI is InChI=1S/C33H27N9O7S.2Na/c1-18-16-27(41-38-23-10-13-25(14-11-23)50(47,48)49)30(35)31(29(18)34)42-39-22-8-6-20(7-9-22)36-32(44)19-2-4-21(5-3-19)37-40-24-12-15-28(43)26(17-24)33(45)46;;/h2-17,43H,34-35H2,1H3,(H,36,44)(H,45,46)(H,47,48,49);;/q;2*+1/p-2. The molecule has 0 heterocycles. The van der Waals surface area contributed by atoms with Crippen molar-refractivity contribution in [2.75, 3.05) is 16.8 Å². The van der Waals surface area contributed by atoms with Crippen molar-refractivity contribution in [1.29, 1.82) is 0 Å². The first-order chi connectivity index (χ1) is 23.8. The number of hydrogen-bond donors (Lipinski definition) is 4. The van der Waals surface area contributed by atoms with E-state index in [1.165, 1.54) is 42.5 Å². The minimum atomic E-state index is -4.34. The molecule has 252 valence electrons. The molecule has 0 spiro atoms. The fourth-order valence-corrected chi connectivity index (χ4v) is 4.74. The third kappa shape index (κ3) is 10.6. The Morgan fingerprint density at radius 1 is 0.692 bits per heavy atom. The fraction of sp³-hybridized carbons (Fsp3) is 0.0303. The Kier molecular flexibility index (Phi) is 14.4. The van der Waals surface area contributed by atoms with Crippen molar-refractivity contribution in [2.24, 2.45) is 30.7 Å². The normalized spacial score (nSPS) is 11.3. The number of nitrogen functional groups attached to an aromatic ring is 2. The van der Waals surface area contributed by atoms with Gasteiger partial charge in [-0.15, -0.1) is 10.2 Å². The molecule has 0 unspecified atom stereocenters. The van der Waals surface area contributed by atoms with Gasteiger partial charge < -0.3 is 31.8 Å². The summed E-state index contributed by atoms with van der Waals surface area (Å²) in [7, 11) is -4.34. The Bertz CT molecular complexity index is 2300. The van der Waals surface area contributed by atoms with Gasteiger partial charge in [-0.2, -0.15) is 28.9 Å². The first-order valence-electron chi connectivity index (χ1n) is 14.3. The number of anilines is 3. The number of nitrogens with two attached hydrogens (primary N) is 2. The maximum absolute atomic E-state index is 12.8. The molecule has 19 heteroatoms. The maximum atomic E-state index is 12.8. The Labute approximate surface area is 341 Å². The van der Waals surface area contributed by atoms with Crippen molar-refractivity contribution >= 4 is 73.2 Å². The van der Waals surface area contributed by atoms with E-state index in [9.17, 15) is 28.2 Å². The van der Waals surface area contributed by atoms with Crippen LogP contribution in [-0.4, -0.2) is 24.8 Å². The van der Waals surface area contributed by atoms with Crippen LogP contribution >= 0.6 is 0 Å². The van der Waals surface area contributed by atoms with Gasteiger partial charge in [0.1, 0.15) is 11.4 Å². The monoisotopic (exact) mass is 737 g/mol. The first-order valence-corrected chi connectivity index (χ1v) is 15.8. The number of hydrogen-bond acceptors (Lipinski definition) is 14. The average molecular weight is 738 g/mol. The van der Waals surface area contributed by atoms with Gasteiger partial charge >= 0.3 is 59.1 Å². The van der Waals surface area contributed by atoms with Gasteiger partial charge in [0.15, 0.2) is 0 Å². The number of nitrogens with zero attached hydrogens (tertiary/aromatic N) is 6. The van der Waals surface area contributed by atoms with E-state index in [1.807, 2.05) is 0 Å². The first kappa shape index (κ1) is 41.6. The number of aromatic carboxylic acids is 1. The van der Waals surface area contributed by atoms with Crippen LogP contribution in [0.2, 0.25) is 0 Å². The topological polar surface area (TPSA) is 273 Å². The Balaban J connectivity index is 0.00000364. The number of carbonyl (C=O) groups excluding carboxylic acids is 2. The van der Waals surface area contributed by atoms with Crippen molar-refractivity contribution in [3.63, 3.8) is 0 Å². The molecule has 1 amide bonds. The van der Waals surface area contributed by atoms with E-state index in [1.54, 1.807) is 49.4 Å². The molecule has 16 nitrogen and oxygen atoms in total. The second-order valence-corrected chi connectivity index (χ2v) is 11.9. The van der Waals surface area contributed by atoms with Gasteiger partial charge in [-0.25, -0.2) is 0 Å². The van der Waals surface area contributed by atoms with E-state index in [2.05, 4.69) is 36.0 Å². The van der Waals surface area contributed by atoms with Crippen molar-refractivity contribution in [3.8, 4) is 5.75 Å². The molecular formula is C33H25N9Na2O7S. The molecule has 0 saturated heterocycles. The van der Waals surface area contributed by atoms with E-state index < -0.39 is 33.3 Å². The van der Waals surface area contributed by atoms with Crippen LogP contribution in [0.15, 0.2) is 133 Å². The largest absolute Gasteiger partial charge is 1.00 e. The van der Waals surface area contributed by atoms with E-state index in [4.69, 9.17) is 16.0 Å². The molecule has 5 aromatic rings. The summed E-state index contributed by atoms with van der Waals surface area (Å²) in [5, 5.41) is 49.9. The van der Waals surface area contributed by atoms with Crippen LogP contribution in [0, 0.1) is 6.92 Å². The smallest absolute Gasteiger partial charge is 0.872 e. The summed E-state index contributed by atoms with van der Waals surface area (Å²) in [6, 6.07) is 22.8. The summed E-state index contributed by atoms with van der Waals surface area (Å²) < 4.78 is 31.6. The van der Waals surface area contributed by atoms with Crippen LogP contribution < -0.4 is 86.1 Å². The third-order valence-corrected chi connectivity index (χ3v) is 7.82. The van der Waals surface area contributed by atoms with Crippen LogP contribution in [0.4, 0.5) is 51.2 Å². The summed E-state index contributed by atoms with van der Waals surface area (Å²) in [4.78, 5) is 23.6. The van der Waals surface area contributed by atoms with E-state index in [0.29, 0.717) is 33.9 Å². The minimum Gasteiger partial charge on any atom is -0.872 e. The zero-order valence-electron chi connectivity index (χ0n) is 27.9. The zero-order chi connectivity index (χ0) is 36.0. The van der Waals surface area contributed by atoms with Gasteiger partial charge in [0, 0.05) is 11.3 Å². The van der Waals surface area contributed by atoms with Gasteiger partial charge in [-0.1, -0.05) is 11.8 Å². The quantitative estimate of drug-likeness (QED) is 0.0665. The number of carboxylic acid groups (broad SMARTS) is 1. The molecule has 0 aliphatic carbocycles. The van der Waals surface area contributed by atoms with Crippen LogP contribution in [0.3, 0.4) is 0 Å². The van der Waals surface area contributed by atoms with Crippen LogP contribution in [0.1, 0.15) is 26.3 Å². The second-order valence-electron chi connectivity index (χ2n) is 10.5. The number of carbonyl (C=O) groups is 2. The van der Waals surface area contributed by atoms with Gasteiger partial charge in [-0.05, 0) is 109 Å². The molecule has 5 aromatic carbocycles. The number of carboxylic acids is 1. The predicted molar refractivity (Wildman–Crippen MR) is 180 cm³/mol. The van der Waals surface area contributed by atoms with Crippen molar-refractivity contribution < 1.29 is 91.9 Å². The van der Waals surface area contributed by atoms with Gasteiger partial charge in [0.2, 0.25) is 0 Å². The molecule has 0 saturated carbocycles. The number of aryl methyl sites for hydroxylation is 1. The van der Waals surface area contributed by atoms with Crippen LogP contribution in [0.25, 0.3) is 0 Å². The second kappa shape index (κ2) is 18.1. The number of amides is 1. The molecular weight excluding hydrogens is 712 g/mol. The number of nitrogens with one attached hydrogen (secondary N) is 1. The van der Waals surface area contributed by atoms with Crippen molar-refractivity contribution in [3.05, 3.63) is 114 Å². The number of rotatable bonds is 10. The Morgan fingerprint density at radius 3 is 1.77 bits per heavy atom. The third-order valence-electron chi connectivity index (χ3n) is 6.96. The molecule has 0 atom stereocenters. The average Bonchev–Trinajstić information content (AvgIpc) is 3.09. The van der Waals surface area contributed by atoms with E-state index >= 15 is 0 Å². The van der Waals surface area contributed by atoms with E-state index in [-0.39, 0.29) is 92.4 Å². The molecule has 52 heavy (non-hydrogen) atoms. The Hall–Kier alpha value is -4.85. The molecule has 0 radical (unpaired) electrons. The molecule has 0 bridgehead atoms. The van der Waals surface area contributed by atoms with Crippen molar-refractivity contribution in [2.45, 2.75) is 11.8 Å². The molecule has 5 rings (SSSR count). The summed E-state index contributed by atoms with van der Waals surface area (Å²) in [6.07, 6.45) is 0.